The number of hydrogen-bond acceptors (Lipinski definition) is 3. The molecule has 0 heterocycles. The molecule has 0 aromatic heterocycles. The van der Waals surface area contributed by atoms with E-state index < -0.39 is 0 Å². The highest BCUT2D eigenvalue weighted by atomic mass is 16.5. The molecule has 3 heteroatoms. The third-order valence-electron chi connectivity index (χ3n) is 3.71. The molecule has 0 aromatic carbocycles. The van der Waals surface area contributed by atoms with E-state index in [9.17, 15) is 4.79 Å². The number of methoxy groups -OCH3 is 1. The predicted molar refractivity (Wildman–Crippen MR) is 48.9 cm³/mol. The molecular weight excluding hydrogens is 166 g/mol. The Morgan fingerprint density at radius 3 is 2.31 bits per heavy atom. The average molecular weight is 183 g/mol. The van der Waals surface area contributed by atoms with Crippen LogP contribution in [0.4, 0.5) is 0 Å². The number of carbonyl (C=O) groups excluding carboxylic acids is 1. The second-order valence-corrected chi connectivity index (χ2v) is 4.37. The highest BCUT2D eigenvalue weighted by Crippen LogP contribution is 2.44. The topological polar surface area (TPSA) is 52.3 Å². The number of ether oxygens (including phenoxy) is 1. The van der Waals surface area contributed by atoms with Gasteiger partial charge in [0.15, 0.2) is 0 Å². The van der Waals surface area contributed by atoms with Crippen LogP contribution in [0.15, 0.2) is 0 Å². The largest absolute Gasteiger partial charge is 0.469 e. The third kappa shape index (κ3) is 1.46. The monoisotopic (exact) mass is 183 g/mol. The van der Waals surface area contributed by atoms with Gasteiger partial charge in [-0.05, 0) is 37.5 Å². The van der Waals surface area contributed by atoms with E-state index in [1.54, 1.807) is 0 Å². The Kier molecular flexibility index (Phi) is 2.28. The standard InChI is InChI=1S/C10H17NO2/c1-13-10(12)8-4-6-2-3-7(5-8)9(6)11/h6-9H,2-5,11H2,1H3. The summed E-state index contributed by atoms with van der Waals surface area (Å²) in [5.41, 5.74) is 6.04. The normalized spacial score (nSPS) is 43.2. The van der Waals surface area contributed by atoms with Crippen molar-refractivity contribution in [2.45, 2.75) is 31.7 Å². The van der Waals surface area contributed by atoms with Gasteiger partial charge in [-0.15, -0.1) is 0 Å². The first-order valence-corrected chi connectivity index (χ1v) is 5.05. The zero-order valence-electron chi connectivity index (χ0n) is 8.03. The van der Waals surface area contributed by atoms with Crippen LogP contribution in [0.5, 0.6) is 0 Å². The van der Waals surface area contributed by atoms with Crippen molar-refractivity contribution in [3.05, 3.63) is 0 Å². The number of carbonyl (C=O) groups is 1. The fraction of sp³-hybridized carbons (Fsp3) is 0.900. The van der Waals surface area contributed by atoms with Crippen molar-refractivity contribution in [3.63, 3.8) is 0 Å². The molecule has 0 aliphatic heterocycles. The second kappa shape index (κ2) is 3.29. The van der Waals surface area contributed by atoms with E-state index >= 15 is 0 Å². The van der Waals surface area contributed by atoms with Gasteiger partial charge in [0, 0.05) is 6.04 Å². The summed E-state index contributed by atoms with van der Waals surface area (Å²) in [7, 11) is 1.47. The Balaban J connectivity index is 2.02. The van der Waals surface area contributed by atoms with Crippen LogP contribution in [-0.4, -0.2) is 19.1 Å². The van der Waals surface area contributed by atoms with Gasteiger partial charge in [-0.25, -0.2) is 0 Å². The van der Waals surface area contributed by atoms with Crippen LogP contribution in [-0.2, 0) is 9.53 Å². The molecule has 2 fully saturated rings. The van der Waals surface area contributed by atoms with Gasteiger partial charge in [-0.2, -0.15) is 0 Å². The summed E-state index contributed by atoms with van der Waals surface area (Å²) in [4.78, 5) is 11.3. The summed E-state index contributed by atoms with van der Waals surface area (Å²) in [6, 6.07) is 0.348. The summed E-state index contributed by atoms with van der Waals surface area (Å²) in [5.74, 6) is 1.23. The average Bonchev–Trinajstić information content (AvgIpc) is 2.42. The molecule has 2 aliphatic rings. The van der Waals surface area contributed by atoms with Crippen LogP contribution in [0.25, 0.3) is 0 Å². The minimum atomic E-state index is -0.0381. The Morgan fingerprint density at radius 1 is 1.31 bits per heavy atom. The molecule has 3 nitrogen and oxygen atoms in total. The van der Waals surface area contributed by atoms with Crippen molar-refractivity contribution in [2.75, 3.05) is 7.11 Å². The summed E-state index contributed by atoms with van der Waals surface area (Å²) in [6.07, 6.45) is 4.31. The SMILES string of the molecule is COC(=O)C1CC2CCC(C1)C2N. The molecule has 0 amide bonds. The van der Waals surface area contributed by atoms with Gasteiger partial charge in [-0.1, -0.05) is 0 Å². The first kappa shape index (κ1) is 9.00. The molecule has 2 bridgehead atoms. The van der Waals surface area contributed by atoms with E-state index in [0.29, 0.717) is 17.9 Å². The number of esters is 1. The van der Waals surface area contributed by atoms with Gasteiger partial charge in [0.1, 0.15) is 0 Å². The van der Waals surface area contributed by atoms with Crippen LogP contribution >= 0.6 is 0 Å². The summed E-state index contributed by atoms with van der Waals surface area (Å²) < 4.78 is 4.77. The molecule has 0 aromatic rings. The summed E-state index contributed by atoms with van der Waals surface area (Å²) >= 11 is 0. The lowest BCUT2D eigenvalue weighted by atomic mass is 9.78. The maximum absolute atomic E-state index is 11.3. The van der Waals surface area contributed by atoms with Gasteiger partial charge < -0.3 is 10.5 Å². The minimum Gasteiger partial charge on any atom is -0.469 e. The molecule has 0 saturated heterocycles. The zero-order chi connectivity index (χ0) is 9.42. The Morgan fingerprint density at radius 2 is 1.85 bits per heavy atom. The highest BCUT2D eigenvalue weighted by Gasteiger charge is 2.43. The Hall–Kier alpha value is -0.570. The number of rotatable bonds is 1. The molecule has 0 radical (unpaired) electrons. The van der Waals surface area contributed by atoms with Gasteiger partial charge in [0.2, 0.25) is 0 Å². The van der Waals surface area contributed by atoms with E-state index in [4.69, 9.17) is 10.5 Å². The van der Waals surface area contributed by atoms with Gasteiger partial charge in [-0.3, -0.25) is 4.79 Å². The molecule has 2 saturated carbocycles. The van der Waals surface area contributed by atoms with Crippen molar-refractivity contribution in [3.8, 4) is 0 Å². The van der Waals surface area contributed by atoms with Crippen molar-refractivity contribution in [1.82, 2.24) is 0 Å². The first-order valence-electron chi connectivity index (χ1n) is 5.05. The number of fused-ring (bicyclic) bond motifs is 2. The quantitative estimate of drug-likeness (QED) is 0.615. The van der Waals surface area contributed by atoms with E-state index in [1.807, 2.05) is 0 Å². The van der Waals surface area contributed by atoms with Crippen LogP contribution in [0.1, 0.15) is 25.7 Å². The van der Waals surface area contributed by atoms with E-state index in [0.717, 1.165) is 12.8 Å². The van der Waals surface area contributed by atoms with E-state index in [2.05, 4.69) is 0 Å². The lowest BCUT2D eigenvalue weighted by Gasteiger charge is -2.31. The number of nitrogens with two attached hydrogens (primary N) is 1. The van der Waals surface area contributed by atoms with Crippen molar-refractivity contribution in [1.29, 1.82) is 0 Å². The van der Waals surface area contributed by atoms with Crippen LogP contribution < -0.4 is 5.73 Å². The van der Waals surface area contributed by atoms with E-state index in [1.165, 1.54) is 20.0 Å². The Labute approximate surface area is 78.6 Å². The first-order chi connectivity index (χ1) is 6.22. The van der Waals surface area contributed by atoms with Crippen LogP contribution in [0.3, 0.4) is 0 Å². The zero-order valence-corrected chi connectivity index (χ0v) is 8.03. The molecule has 2 N–H and O–H groups in total. The molecule has 2 atom stereocenters. The summed E-state index contributed by atoms with van der Waals surface area (Å²) in [6.45, 7) is 0. The smallest absolute Gasteiger partial charge is 0.308 e. The van der Waals surface area contributed by atoms with Gasteiger partial charge >= 0.3 is 5.97 Å². The molecule has 2 unspecified atom stereocenters. The summed E-state index contributed by atoms with van der Waals surface area (Å²) in [5, 5.41) is 0. The molecule has 2 aliphatic carbocycles. The van der Waals surface area contributed by atoms with Crippen molar-refractivity contribution < 1.29 is 9.53 Å². The maximum Gasteiger partial charge on any atom is 0.308 e. The fourth-order valence-corrected chi connectivity index (χ4v) is 2.93. The maximum atomic E-state index is 11.3. The molecule has 2 rings (SSSR count). The second-order valence-electron chi connectivity index (χ2n) is 4.37. The van der Waals surface area contributed by atoms with Gasteiger partial charge in [0.05, 0.1) is 13.0 Å². The van der Waals surface area contributed by atoms with E-state index in [-0.39, 0.29) is 11.9 Å². The Bertz CT molecular complexity index is 203. The lowest BCUT2D eigenvalue weighted by molar-refractivity contribution is -0.147. The van der Waals surface area contributed by atoms with Crippen molar-refractivity contribution in [2.24, 2.45) is 23.5 Å². The van der Waals surface area contributed by atoms with Crippen LogP contribution in [0.2, 0.25) is 0 Å². The van der Waals surface area contributed by atoms with Crippen LogP contribution in [0, 0.1) is 17.8 Å². The molecule has 0 spiro atoms. The molecular formula is C10H17NO2. The predicted octanol–water partition coefficient (Wildman–Crippen LogP) is 0.923. The number of hydrogen-bond donors (Lipinski definition) is 1. The molecule has 13 heavy (non-hydrogen) atoms. The fourth-order valence-electron chi connectivity index (χ4n) is 2.93. The van der Waals surface area contributed by atoms with Gasteiger partial charge in [0.25, 0.3) is 0 Å². The third-order valence-corrected chi connectivity index (χ3v) is 3.71. The molecule has 74 valence electrons. The highest BCUT2D eigenvalue weighted by molar-refractivity contribution is 5.72. The lowest BCUT2D eigenvalue weighted by Crippen LogP contribution is -2.39. The van der Waals surface area contributed by atoms with Crippen molar-refractivity contribution >= 4 is 5.97 Å². The minimum absolute atomic E-state index is 0.0381.